The molecule has 1 N–H and O–H groups in total. The molecule has 0 radical (unpaired) electrons. The van der Waals surface area contributed by atoms with Gasteiger partial charge in [0.2, 0.25) is 21.8 Å². The zero-order chi connectivity index (χ0) is 23.6. The van der Waals surface area contributed by atoms with Crippen LogP contribution in [0.4, 0.5) is 5.69 Å². The molecule has 33 heavy (non-hydrogen) atoms. The van der Waals surface area contributed by atoms with Gasteiger partial charge in [-0.25, -0.2) is 8.42 Å². The van der Waals surface area contributed by atoms with Gasteiger partial charge in [0.1, 0.15) is 5.25 Å². The molecule has 3 aromatic rings. The van der Waals surface area contributed by atoms with Crippen LogP contribution in [-0.2, 0) is 19.6 Å². The summed E-state index contributed by atoms with van der Waals surface area (Å²) in [5.74, 6) is -0.792. The number of rotatable bonds is 7. The largest absolute Gasteiger partial charge is 0.331 e. The summed E-state index contributed by atoms with van der Waals surface area (Å²) in [5, 5.41) is 3.17. The molecule has 1 aliphatic heterocycles. The number of nitrogens with zero attached hydrogens (tertiary/aromatic N) is 3. The van der Waals surface area contributed by atoms with Crippen molar-refractivity contribution in [3.8, 4) is 0 Å². The van der Waals surface area contributed by atoms with Crippen LogP contribution >= 0.6 is 22.9 Å². The van der Waals surface area contributed by atoms with Crippen molar-refractivity contribution in [1.82, 2.24) is 14.2 Å². The molecule has 2 amide bonds. The Balaban J connectivity index is 1.44. The van der Waals surface area contributed by atoms with Gasteiger partial charge in [-0.15, -0.1) is 17.9 Å². The fraction of sp³-hybridized carbons (Fsp3) is 0.227. The van der Waals surface area contributed by atoms with Gasteiger partial charge in [0.15, 0.2) is 0 Å². The first-order valence-electron chi connectivity index (χ1n) is 10.1. The first kappa shape index (κ1) is 23.4. The Bertz CT molecular complexity index is 1310. The molecule has 0 aliphatic carbocycles. The summed E-state index contributed by atoms with van der Waals surface area (Å²) >= 11 is 7.38. The lowest BCUT2D eigenvalue weighted by Gasteiger charge is -2.34. The van der Waals surface area contributed by atoms with Crippen molar-refractivity contribution in [2.75, 3.05) is 31.5 Å². The lowest BCUT2D eigenvalue weighted by molar-refractivity contribution is -0.137. The number of aromatic nitrogens is 1. The number of nitrogens with one attached hydrogen (secondary N) is 1. The predicted octanol–water partition coefficient (Wildman–Crippen LogP) is 3.29. The minimum absolute atomic E-state index is 0.0949. The molecule has 3 heterocycles. The van der Waals surface area contributed by atoms with E-state index in [0.717, 1.165) is 14.4 Å². The fourth-order valence-electron chi connectivity index (χ4n) is 3.59. The third-order valence-corrected chi connectivity index (χ3v) is 8.94. The maximum atomic E-state index is 13.4. The van der Waals surface area contributed by atoms with Gasteiger partial charge in [-0.3, -0.25) is 14.6 Å². The molecule has 0 saturated carbocycles. The number of carbonyl (C=O) groups is 2. The highest BCUT2D eigenvalue weighted by Crippen LogP contribution is 2.37. The Morgan fingerprint density at radius 1 is 1.24 bits per heavy atom. The van der Waals surface area contributed by atoms with E-state index in [9.17, 15) is 18.0 Å². The summed E-state index contributed by atoms with van der Waals surface area (Å²) in [7, 11) is -3.88. The fourth-order valence-corrected chi connectivity index (χ4v) is 6.97. The molecule has 4 rings (SSSR count). The number of benzene rings is 1. The summed E-state index contributed by atoms with van der Waals surface area (Å²) in [6, 6.07) is 10.5. The number of fused-ring (bicyclic) bond motifs is 1. The van der Waals surface area contributed by atoms with E-state index in [4.69, 9.17) is 11.6 Å². The lowest BCUT2D eigenvalue weighted by Crippen LogP contribution is -2.54. The predicted molar refractivity (Wildman–Crippen MR) is 130 cm³/mol. The molecule has 2 aromatic heterocycles. The highest BCUT2D eigenvalue weighted by Gasteiger charge is 2.37. The molecule has 1 fully saturated rings. The third-order valence-electron chi connectivity index (χ3n) is 5.26. The van der Waals surface area contributed by atoms with Gasteiger partial charge in [0.05, 0.1) is 13.1 Å². The van der Waals surface area contributed by atoms with E-state index >= 15 is 0 Å². The maximum absolute atomic E-state index is 13.4. The number of amides is 2. The van der Waals surface area contributed by atoms with Crippen LogP contribution in [0.2, 0.25) is 5.02 Å². The second-order valence-electron chi connectivity index (χ2n) is 7.47. The number of piperazine rings is 1. The van der Waals surface area contributed by atoms with Crippen molar-refractivity contribution in [3.05, 3.63) is 71.3 Å². The topological polar surface area (TPSA) is 99.7 Å². The van der Waals surface area contributed by atoms with Crippen LogP contribution in [-0.4, -0.2) is 60.6 Å². The SMILES string of the molecule is C=CC(c1cc2ccc(Cl)cc2s1)S(=O)(=O)N1CCN(CC(=O)Nc2ccncc2)C(=O)C1. The summed E-state index contributed by atoms with van der Waals surface area (Å²) in [4.78, 5) is 30.8. The normalized spacial score (nSPS) is 16.0. The Hall–Kier alpha value is -2.79. The molecule has 0 bridgehead atoms. The number of sulfonamides is 1. The smallest absolute Gasteiger partial charge is 0.243 e. The van der Waals surface area contributed by atoms with Gasteiger partial charge in [0.25, 0.3) is 0 Å². The van der Waals surface area contributed by atoms with E-state index in [-0.39, 0.29) is 32.1 Å². The first-order chi connectivity index (χ1) is 15.8. The molecular formula is C22H21ClN4O4S2. The Labute approximate surface area is 200 Å². The van der Waals surface area contributed by atoms with Crippen molar-refractivity contribution in [2.24, 2.45) is 0 Å². The Morgan fingerprint density at radius 3 is 2.70 bits per heavy atom. The summed E-state index contributed by atoms with van der Waals surface area (Å²) in [5.41, 5.74) is 0.571. The van der Waals surface area contributed by atoms with E-state index in [0.29, 0.717) is 15.6 Å². The second kappa shape index (κ2) is 9.60. The van der Waals surface area contributed by atoms with Gasteiger partial charge in [-0.05, 0) is 35.7 Å². The Morgan fingerprint density at radius 2 is 2.00 bits per heavy atom. The van der Waals surface area contributed by atoms with Crippen LogP contribution in [0.15, 0.2) is 61.4 Å². The maximum Gasteiger partial charge on any atom is 0.243 e. The number of carbonyl (C=O) groups excluding carboxylic acids is 2. The third kappa shape index (κ3) is 5.09. The van der Waals surface area contributed by atoms with Gasteiger partial charge >= 0.3 is 0 Å². The molecule has 8 nitrogen and oxygen atoms in total. The summed E-state index contributed by atoms with van der Waals surface area (Å²) < 4.78 is 28.8. The average molecular weight is 505 g/mol. The van der Waals surface area contributed by atoms with Crippen LogP contribution in [0.3, 0.4) is 0 Å². The zero-order valence-electron chi connectivity index (χ0n) is 17.5. The number of pyridine rings is 1. The molecular weight excluding hydrogens is 484 g/mol. The van der Waals surface area contributed by atoms with E-state index in [1.165, 1.54) is 22.3 Å². The van der Waals surface area contributed by atoms with Crippen LogP contribution < -0.4 is 5.32 Å². The molecule has 0 spiro atoms. The second-order valence-corrected chi connectivity index (χ2v) is 11.1. The molecule has 11 heteroatoms. The minimum atomic E-state index is -3.88. The quantitative estimate of drug-likeness (QED) is 0.498. The van der Waals surface area contributed by atoms with Crippen LogP contribution in [0, 0.1) is 0 Å². The zero-order valence-corrected chi connectivity index (χ0v) is 19.9. The summed E-state index contributed by atoms with van der Waals surface area (Å²) in [6.45, 7) is 3.45. The standard InChI is InChI=1S/C22H21ClN4O4S2/c1-2-20(19-11-15-3-4-16(23)12-18(15)32-19)33(30,31)27-10-9-26(22(29)14-27)13-21(28)25-17-5-7-24-8-6-17/h2-8,11-12,20H,1,9-10,13-14H2,(H,24,25,28). The van der Waals surface area contributed by atoms with Crippen LogP contribution in [0.5, 0.6) is 0 Å². The van der Waals surface area contributed by atoms with Crippen LogP contribution in [0.25, 0.3) is 10.1 Å². The van der Waals surface area contributed by atoms with Crippen molar-refractivity contribution in [2.45, 2.75) is 5.25 Å². The van der Waals surface area contributed by atoms with Crippen LogP contribution in [0.1, 0.15) is 10.1 Å². The number of thiophene rings is 1. The van der Waals surface area contributed by atoms with Gasteiger partial charge in [0, 0.05) is 45.8 Å². The van der Waals surface area contributed by atoms with Gasteiger partial charge < -0.3 is 10.2 Å². The van der Waals surface area contributed by atoms with Crippen molar-refractivity contribution in [1.29, 1.82) is 0 Å². The van der Waals surface area contributed by atoms with Gasteiger partial charge in [-0.2, -0.15) is 4.31 Å². The lowest BCUT2D eigenvalue weighted by atomic mass is 10.2. The monoisotopic (exact) mass is 504 g/mol. The first-order valence-corrected chi connectivity index (χ1v) is 12.8. The van der Waals surface area contributed by atoms with E-state index in [1.54, 1.807) is 36.7 Å². The number of hydrogen-bond acceptors (Lipinski definition) is 6. The van der Waals surface area contributed by atoms with Crippen molar-refractivity contribution in [3.63, 3.8) is 0 Å². The van der Waals surface area contributed by atoms with E-state index in [1.807, 2.05) is 12.1 Å². The molecule has 1 aromatic carbocycles. The molecule has 1 saturated heterocycles. The molecule has 1 atom stereocenters. The number of halogens is 1. The highest BCUT2D eigenvalue weighted by atomic mass is 35.5. The summed E-state index contributed by atoms with van der Waals surface area (Å²) in [6.07, 6.45) is 4.47. The van der Waals surface area contributed by atoms with E-state index < -0.39 is 21.2 Å². The van der Waals surface area contributed by atoms with E-state index in [2.05, 4.69) is 16.9 Å². The average Bonchev–Trinajstić information content (AvgIpc) is 3.18. The van der Waals surface area contributed by atoms with Gasteiger partial charge in [-0.1, -0.05) is 23.7 Å². The highest BCUT2D eigenvalue weighted by molar-refractivity contribution is 7.89. The van der Waals surface area contributed by atoms with Crippen molar-refractivity contribution >= 4 is 60.5 Å². The molecule has 172 valence electrons. The molecule has 1 unspecified atom stereocenters. The number of anilines is 1. The molecule has 1 aliphatic rings. The Kier molecular flexibility index (Phi) is 6.80. The minimum Gasteiger partial charge on any atom is -0.331 e. The number of hydrogen-bond donors (Lipinski definition) is 1. The van der Waals surface area contributed by atoms with Crippen molar-refractivity contribution < 1.29 is 18.0 Å².